The van der Waals surface area contributed by atoms with Crippen molar-refractivity contribution in [2.75, 3.05) is 13.7 Å². The molecule has 0 spiro atoms. The van der Waals surface area contributed by atoms with Gasteiger partial charge in [0, 0.05) is 31.3 Å². The summed E-state index contributed by atoms with van der Waals surface area (Å²) < 4.78 is 7.15. The number of rotatable bonds is 4. The fourth-order valence-corrected chi connectivity index (χ4v) is 3.39. The lowest BCUT2D eigenvalue weighted by molar-refractivity contribution is 0.189. The van der Waals surface area contributed by atoms with Gasteiger partial charge in [0.1, 0.15) is 5.75 Å². The number of fused-ring (bicyclic) bond motifs is 2. The Morgan fingerprint density at radius 1 is 1.31 bits per heavy atom. The number of aromatic amines is 1. The van der Waals surface area contributed by atoms with Crippen molar-refractivity contribution in [1.29, 1.82) is 0 Å². The number of hydrogen-bond acceptors (Lipinski definition) is 5. The normalized spacial score (nSPS) is 15.8. The highest BCUT2D eigenvalue weighted by Gasteiger charge is 2.20. The zero-order valence-electron chi connectivity index (χ0n) is 14.9. The quantitative estimate of drug-likeness (QED) is 0.746. The summed E-state index contributed by atoms with van der Waals surface area (Å²) in [7, 11) is 1.61. The summed E-state index contributed by atoms with van der Waals surface area (Å²) in [5, 5.41) is 15.1. The van der Waals surface area contributed by atoms with Crippen molar-refractivity contribution in [3.8, 4) is 5.75 Å². The molecule has 0 amide bonds. The zero-order chi connectivity index (χ0) is 18.3. The van der Waals surface area contributed by atoms with E-state index < -0.39 is 6.10 Å². The Kier molecular flexibility index (Phi) is 4.26. The Hall–Kier alpha value is -2.64. The number of nitrogens with one attached hydrogen (secondary N) is 1. The molecule has 136 valence electrons. The zero-order valence-corrected chi connectivity index (χ0v) is 14.9. The molecular weight excluding hydrogens is 332 g/mol. The van der Waals surface area contributed by atoms with Gasteiger partial charge in [-0.15, -0.1) is 0 Å². The van der Waals surface area contributed by atoms with Crippen molar-refractivity contribution in [1.82, 2.24) is 19.7 Å². The first kappa shape index (κ1) is 16.8. The molecule has 0 unspecified atom stereocenters. The maximum atomic E-state index is 12.5. The molecule has 0 saturated heterocycles. The van der Waals surface area contributed by atoms with E-state index in [1.807, 2.05) is 35.0 Å². The maximum absolute atomic E-state index is 12.5. The van der Waals surface area contributed by atoms with Gasteiger partial charge >= 0.3 is 0 Å². The summed E-state index contributed by atoms with van der Waals surface area (Å²) in [4.78, 5) is 17.6. The van der Waals surface area contributed by atoms with Gasteiger partial charge in [0.2, 0.25) is 0 Å². The van der Waals surface area contributed by atoms with Gasteiger partial charge in [0.15, 0.2) is 0 Å². The number of benzene rings is 1. The topological polar surface area (TPSA) is 83.4 Å². The minimum absolute atomic E-state index is 0.0745. The monoisotopic (exact) mass is 354 g/mol. The minimum Gasteiger partial charge on any atom is -0.497 e. The predicted octanol–water partition coefficient (Wildman–Crippen LogP) is 1.80. The Balaban J connectivity index is 1.57. The highest BCUT2D eigenvalue weighted by Crippen LogP contribution is 2.21. The van der Waals surface area contributed by atoms with Crippen LogP contribution in [0.4, 0.5) is 0 Å². The van der Waals surface area contributed by atoms with Crippen molar-refractivity contribution in [3.63, 3.8) is 0 Å². The van der Waals surface area contributed by atoms with Crippen LogP contribution in [0.2, 0.25) is 0 Å². The average Bonchev–Trinajstić information content (AvgIpc) is 3.05. The van der Waals surface area contributed by atoms with Gasteiger partial charge in [-0.2, -0.15) is 5.10 Å². The van der Waals surface area contributed by atoms with Crippen molar-refractivity contribution in [3.05, 3.63) is 57.6 Å². The second kappa shape index (κ2) is 6.59. The van der Waals surface area contributed by atoms with Crippen molar-refractivity contribution < 1.29 is 9.84 Å². The highest BCUT2D eigenvalue weighted by molar-refractivity contribution is 5.80. The smallest absolute Gasteiger partial charge is 0.252 e. The lowest BCUT2D eigenvalue weighted by Crippen LogP contribution is -2.35. The van der Waals surface area contributed by atoms with Crippen LogP contribution >= 0.6 is 0 Å². The number of ether oxygens (including phenoxy) is 1. The first-order valence-corrected chi connectivity index (χ1v) is 8.70. The molecule has 0 aliphatic carbocycles. The molecule has 3 aromatic rings. The van der Waals surface area contributed by atoms with Crippen LogP contribution in [-0.4, -0.2) is 38.4 Å². The molecule has 1 aliphatic rings. The second-order valence-corrected chi connectivity index (χ2v) is 6.75. The molecule has 0 bridgehead atoms. The molecule has 26 heavy (non-hydrogen) atoms. The van der Waals surface area contributed by atoms with E-state index in [-0.39, 0.29) is 5.56 Å². The van der Waals surface area contributed by atoms with Crippen LogP contribution in [0, 0.1) is 0 Å². The molecular formula is C19H22N4O3. The number of hydrogen-bond donors (Lipinski definition) is 2. The van der Waals surface area contributed by atoms with E-state index in [1.165, 1.54) is 0 Å². The van der Waals surface area contributed by atoms with Crippen molar-refractivity contribution in [2.24, 2.45) is 0 Å². The van der Waals surface area contributed by atoms with E-state index in [1.54, 1.807) is 14.0 Å². The van der Waals surface area contributed by atoms with Crippen LogP contribution in [0.15, 0.2) is 35.1 Å². The first-order valence-electron chi connectivity index (χ1n) is 8.70. The van der Waals surface area contributed by atoms with Crippen LogP contribution < -0.4 is 10.3 Å². The van der Waals surface area contributed by atoms with Gasteiger partial charge < -0.3 is 14.8 Å². The van der Waals surface area contributed by atoms with Crippen LogP contribution in [0.1, 0.15) is 30.0 Å². The third-order valence-corrected chi connectivity index (χ3v) is 4.85. The molecule has 2 N–H and O–H groups in total. The number of aliphatic hydroxyl groups is 1. The van der Waals surface area contributed by atoms with Gasteiger partial charge in [-0.3, -0.25) is 14.4 Å². The van der Waals surface area contributed by atoms with Gasteiger partial charge in [-0.25, -0.2) is 0 Å². The van der Waals surface area contributed by atoms with Gasteiger partial charge in [-0.1, -0.05) is 0 Å². The summed E-state index contributed by atoms with van der Waals surface area (Å²) in [6.45, 7) is 4.57. The molecule has 4 rings (SSSR count). The third kappa shape index (κ3) is 3.11. The second-order valence-electron chi connectivity index (χ2n) is 6.75. The maximum Gasteiger partial charge on any atom is 0.252 e. The SMILES string of the molecule is COc1ccc2cc(CN3CCn4nc([C@H](C)O)cc4C3)c(=O)[nH]c2c1. The number of nitrogens with zero attached hydrogens (tertiary/aromatic N) is 3. The molecule has 1 aliphatic heterocycles. The lowest BCUT2D eigenvalue weighted by Gasteiger charge is -2.27. The number of methoxy groups -OCH3 is 1. The number of aromatic nitrogens is 3. The Morgan fingerprint density at radius 2 is 2.15 bits per heavy atom. The molecule has 7 heteroatoms. The molecule has 0 radical (unpaired) electrons. The molecule has 3 heterocycles. The van der Waals surface area contributed by atoms with Gasteiger partial charge in [-0.05, 0) is 36.6 Å². The van der Waals surface area contributed by atoms with Crippen LogP contribution in [-0.2, 0) is 19.6 Å². The number of aliphatic hydroxyl groups excluding tert-OH is 1. The molecule has 2 aromatic heterocycles. The van der Waals surface area contributed by atoms with Crippen molar-refractivity contribution >= 4 is 10.9 Å². The average molecular weight is 354 g/mol. The first-order chi connectivity index (χ1) is 12.5. The molecule has 1 aromatic carbocycles. The number of pyridine rings is 1. The van der Waals surface area contributed by atoms with E-state index in [4.69, 9.17) is 4.74 Å². The summed E-state index contributed by atoms with van der Waals surface area (Å²) >= 11 is 0. The number of H-pyrrole nitrogens is 1. The Bertz CT molecular complexity index is 1010. The third-order valence-electron chi connectivity index (χ3n) is 4.85. The van der Waals surface area contributed by atoms with Crippen LogP contribution in [0.5, 0.6) is 5.75 Å². The molecule has 0 fully saturated rings. The lowest BCUT2D eigenvalue weighted by atomic mass is 10.1. The standard InChI is InChI=1S/C19H22N4O3/c1-12(24)17-8-15-11-22(5-6-23(15)21-17)10-14-7-13-3-4-16(26-2)9-18(13)20-19(14)25/h3-4,7-9,12,24H,5-6,10-11H2,1-2H3,(H,20,25)/t12-/m0/s1. The van der Waals surface area contributed by atoms with E-state index in [0.717, 1.165) is 41.0 Å². The highest BCUT2D eigenvalue weighted by atomic mass is 16.5. The molecule has 1 atom stereocenters. The Morgan fingerprint density at radius 3 is 2.92 bits per heavy atom. The fraction of sp³-hybridized carbons (Fsp3) is 0.368. The van der Waals surface area contributed by atoms with Crippen molar-refractivity contribution in [2.45, 2.75) is 32.7 Å². The minimum atomic E-state index is -0.568. The van der Waals surface area contributed by atoms with Gasteiger partial charge in [0.25, 0.3) is 5.56 Å². The molecule has 7 nitrogen and oxygen atoms in total. The van der Waals surface area contributed by atoms with E-state index in [0.29, 0.717) is 18.8 Å². The summed E-state index contributed by atoms with van der Waals surface area (Å²) in [5.74, 6) is 0.721. The largest absolute Gasteiger partial charge is 0.497 e. The predicted molar refractivity (Wildman–Crippen MR) is 98.1 cm³/mol. The van der Waals surface area contributed by atoms with Crippen LogP contribution in [0.25, 0.3) is 10.9 Å². The van der Waals surface area contributed by atoms with E-state index in [9.17, 15) is 9.90 Å². The van der Waals surface area contributed by atoms with E-state index >= 15 is 0 Å². The summed E-state index contributed by atoms with van der Waals surface area (Å²) in [5.41, 5.74) is 3.20. The van der Waals surface area contributed by atoms with Crippen LogP contribution in [0.3, 0.4) is 0 Å². The van der Waals surface area contributed by atoms with Gasteiger partial charge in [0.05, 0.1) is 36.7 Å². The van der Waals surface area contributed by atoms with E-state index in [2.05, 4.69) is 15.0 Å². The fourth-order valence-electron chi connectivity index (χ4n) is 3.39. The Labute approximate surface area is 150 Å². The summed E-state index contributed by atoms with van der Waals surface area (Å²) in [6.07, 6.45) is -0.568. The summed E-state index contributed by atoms with van der Waals surface area (Å²) in [6, 6.07) is 9.56. The molecule has 0 saturated carbocycles.